The number of nitrogens with one attached hydrogen (secondary N) is 1. The summed E-state index contributed by atoms with van der Waals surface area (Å²) >= 11 is 3.32. The lowest BCUT2D eigenvalue weighted by atomic mass is 10.1. The second-order valence-electron chi connectivity index (χ2n) is 4.42. The van der Waals surface area contributed by atoms with Crippen LogP contribution in [0.15, 0.2) is 40.9 Å². The number of benzene rings is 2. The van der Waals surface area contributed by atoms with Crippen LogP contribution in [0.25, 0.3) is 0 Å². The molecule has 2 rings (SSSR count). The van der Waals surface area contributed by atoms with E-state index < -0.39 is 0 Å². The lowest BCUT2D eigenvalue weighted by molar-refractivity contribution is 0.373. The molecular weight excluding hydrogens is 325 g/mol. The highest BCUT2D eigenvalue weighted by molar-refractivity contribution is 9.10. The van der Waals surface area contributed by atoms with Crippen LogP contribution in [-0.2, 0) is 0 Å². The molecule has 0 aromatic heterocycles. The minimum atomic E-state index is -0.314. The summed E-state index contributed by atoms with van der Waals surface area (Å²) in [5.41, 5.74) is 1.30. The fourth-order valence-electron chi connectivity index (χ4n) is 1.89. The van der Waals surface area contributed by atoms with E-state index in [1.54, 1.807) is 30.3 Å². The van der Waals surface area contributed by atoms with Crippen LogP contribution in [0.2, 0.25) is 0 Å². The maximum absolute atomic E-state index is 13.7. The van der Waals surface area contributed by atoms with Gasteiger partial charge in [-0.3, -0.25) is 0 Å². The van der Waals surface area contributed by atoms with Crippen LogP contribution in [0.3, 0.4) is 0 Å². The van der Waals surface area contributed by atoms with Gasteiger partial charge in [-0.1, -0.05) is 22.0 Å². The molecule has 2 aromatic carbocycles. The van der Waals surface area contributed by atoms with Gasteiger partial charge in [-0.15, -0.1) is 0 Å². The molecular formula is C15H15BrFNO2. The molecule has 0 amide bonds. The summed E-state index contributed by atoms with van der Waals surface area (Å²) in [5.74, 6) is 0.161. The number of phenols is 1. The fourth-order valence-corrected chi connectivity index (χ4v) is 2.25. The fraction of sp³-hybridized carbons (Fsp3) is 0.200. The van der Waals surface area contributed by atoms with Gasteiger partial charge in [0.2, 0.25) is 0 Å². The van der Waals surface area contributed by atoms with Crippen LogP contribution in [0, 0.1) is 5.82 Å². The third-order valence-corrected chi connectivity index (χ3v) is 3.50. The molecule has 0 aliphatic heterocycles. The maximum atomic E-state index is 13.7. The summed E-state index contributed by atoms with van der Waals surface area (Å²) < 4.78 is 19.6. The highest BCUT2D eigenvalue weighted by atomic mass is 79.9. The van der Waals surface area contributed by atoms with E-state index in [-0.39, 0.29) is 17.6 Å². The van der Waals surface area contributed by atoms with Gasteiger partial charge in [-0.25, -0.2) is 4.39 Å². The summed E-state index contributed by atoms with van der Waals surface area (Å²) in [6, 6.07) is 9.65. The number of halogens is 2. The standard InChI is InChI=1S/C15H15BrFNO2/c1-9(10-3-6-14(19)15(7-10)20-2)18-13-8-11(16)4-5-12(13)17/h3-9,18-19H,1-2H3. The van der Waals surface area contributed by atoms with Crippen molar-refractivity contribution in [2.45, 2.75) is 13.0 Å². The van der Waals surface area contributed by atoms with Gasteiger partial charge in [0.05, 0.1) is 12.8 Å². The van der Waals surface area contributed by atoms with Crippen molar-refractivity contribution in [3.8, 4) is 11.5 Å². The maximum Gasteiger partial charge on any atom is 0.160 e. The molecule has 106 valence electrons. The molecule has 0 heterocycles. The molecule has 0 aliphatic rings. The quantitative estimate of drug-likeness (QED) is 0.863. The number of anilines is 1. The first kappa shape index (κ1) is 14.7. The zero-order valence-electron chi connectivity index (χ0n) is 11.2. The molecule has 0 radical (unpaired) electrons. The highest BCUT2D eigenvalue weighted by Gasteiger charge is 2.11. The van der Waals surface area contributed by atoms with Crippen LogP contribution < -0.4 is 10.1 Å². The minimum absolute atomic E-state index is 0.0806. The van der Waals surface area contributed by atoms with E-state index in [0.717, 1.165) is 10.0 Å². The zero-order chi connectivity index (χ0) is 14.7. The Bertz CT molecular complexity index is 619. The first-order valence-electron chi connectivity index (χ1n) is 6.09. The molecule has 0 spiro atoms. The molecule has 0 fully saturated rings. The zero-order valence-corrected chi connectivity index (χ0v) is 12.7. The number of hydrogen-bond acceptors (Lipinski definition) is 3. The topological polar surface area (TPSA) is 41.5 Å². The lowest BCUT2D eigenvalue weighted by Crippen LogP contribution is -2.08. The second kappa shape index (κ2) is 6.13. The average Bonchev–Trinajstić information content (AvgIpc) is 2.43. The lowest BCUT2D eigenvalue weighted by Gasteiger charge is -2.17. The summed E-state index contributed by atoms with van der Waals surface area (Å²) in [7, 11) is 1.49. The van der Waals surface area contributed by atoms with Crippen molar-refractivity contribution < 1.29 is 14.2 Å². The monoisotopic (exact) mass is 339 g/mol. The summed E-state index contributed by atoms with van der Waals surface area (Å²) in [6.45, 7) is 1.91. The van der Waals surface area contributed by atoms with Crippen molar-refractivity contribution in [2.24, 2.45) is 0 Å². The third kappa shape index (κ3) is 3.22. The van der Waals surface area contributed by atoms with Crippen molar-refractivity contribution in [3.05, 3.63) is 52.3 Å². The Morgan fingerprint density at radius 2 is 2.00 bits per heavy atom. The number of rotatable bonds is 4. The molecule has 5 heteroatoms. The first-order chi connectivity index (χ1) is 9.51. The van der Waals surface area contributed by atoms with Gasteiger partial charge in [-0.05, 0) is 42.8 Å². The molecule has 0 saturated heterocycles. The van der Waals surface area contributed by atoms with Crippen LogP contribution >= 0.6 is 15.9 Å². The van der Waals surface area contributed by atoms with Crippen LogP contribution in [-0.4, -0.2) is 12.2 Å². The number of hydrogen-bond donors (Lipinski definition) is 2. The van der Waals surface area contributed by atoms with Gasteiger partial charge in [0.25, 0.3) is 0 Å². The van der Waals surface area contributed by atoms with Crippen molar-refractivity contribution in [1.29, 1.82) is 0 Å². The van der Waals surface area contributed by atoms with Gasteiger partial charge in [-0.2, -0.15) is 0 Å². The number of ether oxygens (including phenoxy) is 1. The van der Waals surface area contributed by atoms with Crippen molar-refractivity contribution in [2.75, 3.05) is 12.4 Å². The molecule has 1 unspecified atom stereocenters. The summed E-state index contributed by atoms with van der Waals surface area (Å²) in [4.78, 5) is 0. The molecule has 3 nitrogen and oxygen atoms in total. The van der Waals surface area contributed by atoms with Crippen LogP contribution in [0.1, 0.15) is 18.5 Å². The molecule has 0 saturated carbocycles. The molecule has 1 atom stereocenters. The largest absolute Gasteiger partial charge is 0.504 e. The SMILES string of the molecule is COc1cc(C(C)Nc2cc(Br)ccc2F)ccc1O. The van der Waals surface area contributed by atoms with Gasteiger partial charge in [0.15, 0.2) is 11.5 Å². The van der Waals surface area contributed by atoms with E-state index in [1.165, 1.54) is 13.2 Å². The highest BCUT2D eigenvalue weighted by Crippen LogP contribution is 2.31. The Kier molecular flexibility index (Phi) is 4.49. The number of methoxy groups -OCH3 is 1. The molecule has 0 aliphatic carbocycles. The number of aromatic hydroxyl groups is 1. The van der Waals surface area contributed by atoms with Gasteiger partial charge < -0.3 is 15.2 Å². The second-order valence-corrected chi connectivity index (χ2v) is 5.34. The van der Waals surface area contributed by atoms with E-state index in [0.29, 0.717) is 11.4 Å². The number of phenolic OH excluding ortho intramolecular Hbond substituents is 1. The van der Waals surface area contributed by atoms with Gasteiger partial charge >= 0.3 is 0 Å². The summed E-state index contributed by atoms with van der Waals surface area (Å²) in [6.07, 6.45) is 0. The summed E-state index contributed by atoms with van der Waals surface area (Å²) in [5, 5.41) is 12.7. The third-order valence-electron chi connectivity index (χ3n) is 3.00. The van der Waals surface area contributed by atoms with Gasteiger partial charge in [0.1, 0.15) is 5.82 Å². The van der Waals surface area contributed by atoms with Crippen LogP contribution in [0.4, 0.5) is 10.1 Å². The van der Waals surface area contributed by atoms with E-state index in [2.05, 4.69) is 21.2 Å². The van der Waals surface area contributed by atoms with Gasteiger partial charge in [0, 0.05) is 10.5 Å². The molecule has 2 aromatic rings. The molecule has 20 heavy (non-hydrogen) atoms. The Balaban J connectivity index is 2.23. The Morgan fingerprint density at radius 3 is 2.70 bits per heavy atom. The normalized spacial score (nSPS) is 12.0. The van der Waals surface area contributed by atoms with Crippen LogP contribution in [0.5, 0.6) is 11.5 Å². The smallest absolute Gasteiger partial charge is 0.160 e. The van der Waals surface area contributed by atoms with E-state index in [4.69, 9.17) is 4.74 Å². The molecule has 2 N–H and O–H groups in total. The van der Waals surface area contributed by atoms with E-state index >= 15 is 0 Å². The Morgan fingerprint density at radius 1 is 1.25 bits per heavy atom. The van der Waals surface area contributed by atoms with Crippen molar-refractivity contribution in [1.82, 2.24) is 0 Å². The first-order valence-corrected chi connectivity index (χ1v) is 6.89. The van der Waals surface area contributed by atoms with Crippen molar-refractivity contribution >= 4 is 21.6 Å². The Labute approximate surface area is 125 Å². The predicted octanol–water partition coefficient (Wildman–Crippen LogP) is 4.48. The minimum Gasteiger partial charge on any atom is -0.504 e. The van der Waals surface area contributed by atoms with E-state index in [9.17, 15) is 9.50 Å². The molecule has 0 bridgehead atoms. The average molecular weight is 340 g/mol. The van der Waals surface area contributed by atoms with Crippen molar-refractivity contribution in [3.63, 3.8) is 0 Å². The van der Waals surface area contributed by atoms with E-state index in [1.807, 2.05) is 6.92 Å². The Hall–Kier alpha value is -1.75. The predicted molar refractivity (Wildman–Crippen MR) is 80.8 cm³/mol.